The summed E-state index contributed by atoms with van der Waals surface area (Å²) in [5, 5.41) is 9.73. The van der Waals surface area contributed by atoms with Gasteiger partial charge in [-0.15, -0.1) is 0 Å². The molecule has 0 saturated heterocycles. The summed E-state index contributed by atoms with van der Waals surface area (Å²) in [4.78, 5) is 6.52. The van der Waals surface area contributed by atoms with Gasteiger partial charge in [-0.25, -0.2) is 0 Å². The lowest BCUT2D eigenvalue weighted by Crippen LogP contribution is -2.20. The monoisotopic (exact) mass is 270 g/mol. The van der Waals surface area contributed by atoms with E-state index in [1.807, 2.05) is 31.3 Å². The van der Waals surface area contributed by atoms with Crippen LogP contribution in [0.4, 0.5) is 5.69 Å². The van der Waals surface area contributed by atoms with E-state index in [-0.39, 0.29) is 0 Å². The topological polar surface area (TPSA) is 36.4 Å². The molecule has 1 aromatic carbocycles. The Morgan fingerprint density at radius 3 is 2.50 bits per heavy atom. The van der Waals surface area contributed by atoms with Crippen molar-refractivity contribution in [3.05, 3.63) is 59.9 Å². The van der Waals surface area contributed by atoms with Crippen LogP contribution < -0.4 is 4.90 Å². The number of rotatable bonds is 6. The first-order valence-electron chi connectivity index (χ1n) is 7.09. The second-order valence-electron chi connectivity index (χ2n) is 5.02. The smallest absolute Gasteiger partial charge is 0.0957 e. The van der Waals surface area contributed by atoms with Crippen molar-refractivity contribution < 1.29 is 5.11 Å². The number of anilines is 1. The average molecular weight is 270 g/mol. The number of aliphatic hydroxyl groups is 1. The number of aromatic nitrogens is 1. The normalized spacial score (nSPS) is 12.2. The first kappa shape index (κ1) is 14.5. The number of hydrogen-bond donors (Lipinski definition) is 1. The Morgan fingerprint density at radius 1 is 1.15 bits per heavy atom. The Morgan fingerprint density at radius 2 is 1.90 bits per heavy atom. The van der Waals surface area contributed by atoms with Gasteiger partial charge in [-0.3, -0.25) is 4.98 Å². The molecule has 0 saturated carbocycles. The van der Waals surface area contributed by atoms with Gasteiger partial charge in [0.25, 0.3) is 0 Å². The highest BCUT2D eigenvalue weighted by molar-refractivity contribution is 5.44. The van der Waals surface area contributed by atoms with E-state index in [2.05, 4.69) is 41.2 Å². The Hall–Kier alpha value is -1.87. The molecule has 3 nitrogen and oxygen atoms in total. The summed E-state index contributed by atoms with van der Waals surface area (Å²) in [7, 11) is 2.07. The lowest BCUT2D eigenvalue weighted by molar-refractivity contribution is 0.169. The molecule has 0 spiro atoms. The van der Waals surface area contributed by atoms with Crippen LogP contribution in [0.5, 0.6) is 0 Å². The van der Waals surface area contributed by atoms with Crippen LogP contribution in [0.15, 0.2) is 48.7 Å². The number of nitrogens with zero attached hydrogens (tertiary/aromatic N) is 2. The van der Waals surface area contributed by atoms with Crippen LogP contribution in [-0.2, 0) is 6.42 Å². The van der Waals surface area contributed by atoms with Gasteiger partial charge in [0.2, 0.25) is 0 Å². The van der Waals surface area contributed by atoms with Crippen LogP contribution in [0.25, 0.3) is 0 Å². The molecule has 0 unspecified atom stereocenters. The summed E-state index contributed by atoms with van der Waals surface area (Å²) in [6.45, 7) is 2.90. The van der Waals surface area contributed by atoms with E-state index in [1.54, 1.807) is 0 Å². The van der Waals surface area contributed by atoms with E-state index < -0.39 is 6.10 Å². The number of likely N-dealkylation sites (N-methyl/N-ethyl adjacent to an activating group) is 1. The standard InChI is InChI=1S/C17H22N2O/c1-3-17(20)16-10-9-15(13-18-16)19(2)12-11-14-7-5-4-6-8-14/h4-10,13,17,20H,3,11-12H2,1-2H3/t17-/m1/s1. The predicted octanol–water partition coefficient (Wildman–Crippen LogP) is 3.20. The molecule has 20 heavy (non-hydrogen) atoms. The predicted molar refractivity (Wildman–Crippen MR) is 82.9 cm³/mol. The van der Waals surface area contributed by atoms with Crippen LogP contribution in [0.3, 0.4) is 0 Å². The Bertz CT molecular complexity index is 510. The molecule has 0 radical (unpaired) electrons. The van der Waals surface area contributed by atoms with E-state index in [0.717, 1.165) is 24.3 Å². The molecule has 0 aliphatic carbocycles. The zero-order chi connectivity index (χ0) is 14.4. The third-order valence-corrected chi connectivity index (χ3v) is 3.52. The minimum Gasteiger partial charge on any atom is -0.387 e. The third kappa shape index (κ3) is 3.81. The molecule has 0 amide bonds. The Kier molecular flexibility index (Phi) is 5.13. The maximum atomic E-state index is 9.73. The first-order valence-corrected chi connectivity index (χ1v) is 7.09. The molecule has 1 heterocycles. The molecule has 1 atom stereocenters. The summed E-state index contributed by atoms with van der Waals surface area (Å²) < 4.78 is 0. The van der Waals surface area contributed by atoms with E-state index in [0.29, 0.717) is 6.42 Å². The maximum Gasteiger partial charge on any atom is 0.0957 e. The van der Waals surface area contributed by atoms with Crippen molar-refractivity contribution in [3.63, 3.8) is 0 Å². The largest absolute Gasteiger partial charge is 0.387 e. The number of benzene rings is 1. The van der Waals surface area contributed by atoms with Gasteiger partial charge in [0.05, 0.1) is 23.7 Å². The minimum absolute atomic E-state index is 0.460. The molecule has 1 aromatic heterocycles. The van der Waals surface area contributed by atoms with Gasteiger partial charge < -0.3 is 10.0 Å². The SMILES string of the molecule is CC[C@@H](O)c1ccc(N(C)CCc2ccccc2)cn1. The lowest BCUT2D eigenvalue weighted by atomic mass is 10.1. The van der Waals surface area contributed by atoms with E-state index in [9.17, 15) is 5.11 Å². The molecular weight excluding hydrogens is 248 g/mol. The van der Waals surface area contributed by atoms with Crippen molar-refractivity contribution in [2.24, 2.45) is 0 Å². The highest BCUT2D eigenvalue weighted by Gasteiger charge is 2.07. The molecule has 0 aliphatic rings. The Balaban J connectivity index is 1.94. The zero-order valence-corrected chi connectivity index (χ0v) is 12.2. The van der Waals surface area contributed by atoms with Crippen molar-refractivity contribution in [2.75, 3.05) is 18.5 Å². The quantitative estimate of drug-likeness (QED) is 0.875. The molecule has 0 aliphatic heterocycles. The van der Waals surface area contributed by atoms with Gasteiger partial charge in [-0.2, -0.15) is 0 Å². The second-order valence-corrected chi connectivity index (χ2v) is 5.02. The van der Waals surface area contributed by atoms with E-state index in [1.165, 1.54) is 5.56 Å². The highest BCUT2D eigenvalue weighted by Crippen LogP contribution is 2.17. The van der Waals surface area contributed by atoms with Gasteiger partial charge >= 0.3 is 0 Å². The molecule has 1 N–H and O–H groups in total. The van der Waals surface area contributed by atoms with Crippen molar-refractivity contribution in [1.29, 1.82) is 0 Å². The van der Waals surface area contributed by atoms with Crippen molar-refractivity contribution >= 4 is 5.69 Å². The number of aliphatic hydroxyl groups excluding tert-OH is 1. The molecule has 2 aromatic rings. The molecule has 3 heteroatoms. The summed E-state index contributed by atoms with van der Waals surface area (Å²) in [5.41, 5.74) is 3.16. The summed E-state index contributed by atoms with van der Waals surface area (Å²) >= 11 is 0. The van der Waals surface area contributed by atoms with Gasteiger partial charge in [0, 0.05) is 13.6 Å². The molecule has 106 valence electrons. The molecular formula is C17H22N2O. The van der Waals surface area contributed by atoms with Gasteiger partial charge in [-0.1, -0.05) is 37.3 Å². The van der Waals surface area contributed by atoms with Crippen LogP contribution in [0.1, 0.15) is 30.7 Å². The van der Waals surface area contributed by atoms with Crippen LogP contribution >= 0.6 is 0 Å². The van der Waals surface area contributed by atoms with Crippen LogP contribution in [0.2, 0.25) is 0 Å². The van der Waals surface area contributed by atoms with Crippen molar-refractivity contribution in [3.8, 4) is 0 Å². The van der Waals surface area contributed by atoms with Gasteiger partial charge in [0.1, 0.15) is 0 Å². The maximum absolute atomic E-state index is 9.73. The second kappa shape index (κ2) is 7.06. The third-order valence-electron chi connectivity index (χ3n) is 3.52. The number of hydrogen-bond acceptors (Lipinski definition) is 3. The van der Waals surface area contributed by atoms with E-state index >= 15 is 0 Å². The summed E-state index contributed by atoms with van der Waals surface area (Å²) in [6.07, 6.45) is 3.07. The van der Waals surface area contributed by atoms with E-state index in [4.69, 9.17) is 0 Å². The number of pyridine rings is 1. The van der Waals surface area contributed by atoms with Gasteiger partial charge in [0.15, 0.2) is 0 Å². The van der Waals surface area contributed by atoms with Crippen LogP contribution in [0, 0.1) is 0 Å². The fraction of sp³-hybridized carbons (Fsp3) is 0.353. The average Bonchev–Trinajstić information content (AvgIpc) is 2.53. The van der Waals surface area contributed by atoms with Crippen molar-refractivity contribution in [1.82, 2.24) is 4.98 Å². The van der Waals surface area contributed by atoms with Crippen molar-refractivity contribution in [2.45, 2.75) is 25.9 Å². The Labute approximate surface area is 120 Å². The fourth-order valence-electron chi connectivity index (χ4n) is 2.10. The first-order chi connectivity index (χ1) is 9.70. The minimum atomic E-state index is -0.460. The zero-order valence-electron chi connectivity index (χ0n) is 12.2. The summed E-state index contributed by atoms with van der Waals surface area (Å²) in [6, 6.07) is 14.4. The molecule has 0 bridgehead atoms. The molecule has 0 fully saturated rings. The lowest BCUT2D eigenvalue weighted by Gasteiger charge is -2.19. The highest BCUT2D eigenvalue weighted by atomic mass is 16.3. The molecule has 2 rings (SSSR count). The summed E-state index contributed by atoms with van der Waals surface area (Å²) in [5.74, 6) is 0. The fourth-order valence-corrected chi connectivity index (χ4v) is 2.10. The van der Waals surface area contributed by atoms with Crippen LogP contribution in [-0.4, -0.2) is 23.7 Å². The van der Waals surface area contributed by atoms with Gasteiger partial charge in [-0.05, 0) is 30.5 Å².